The van der Waals surface area contributed by atoms with Crippen LogP contribution in [-0.2, 0) is 0 Å². The summed E-state index contributed by atoms with van der Waals surface area (Å²) in [5.41, 5.74) is 2.64. The number of hydrogen-bond acceptors (Lipinski definition) is 2. The Bertz CT molecular complexity index is 698. The number of fused-ring (bicyclic) bond motifs is 3. The molecule has 3 rings (SSSR count). The molecular weight excluding hydrogens is 200 g/mol. The minimum Gasteiger partial charge on any atom is -0.297 e. The van der Waals surface area contributed by atoms with Crippen LogP contribution in [0.15, 0.2) is 36.7 Å². The third-order valence-electron chi connectivity index (χ3n) is 2.90. The Labute approximate surface area is 92.3 Å². The van der Waals surface area contributed by atoms with Gasteiger partial charge in [0.2, 0.25) is 0 Å². The second-order valence-electron chi connectivity index (χ2n) is 3.85. The van der Waals surface area contributed by atoms with Gasteiger partial charge in [-0.25, -0.2) is 4.98 Å². The van der Waals surface area contributed by atoms with Gasteiger partial charge in [0, 0.05) is 11.6 Å². The summed E-state index contributed by atoms with van der Waals surface area (Å²) in [6, 6.07) is 8.13. The van der Waals surface area contributed by atoms with Gasteiger partial charge in [0.1, 0.15) is 11.3 Å². The van der Waals surface area contributed by atoms with Crippen molar-refractivity contribution in [2.75, 3.05) is 0 Å². The Kier molecular flexibility index (Phi) is 1.80. The minimum absolute atomic E-state index is 0.582. The molecule has 0 radical (unpaired) electrons. The Morgan fingerprint density at radius 1 is 1.25 bits per heavy atom. The van der Waals surface area contributed by atoms with E-state index in [1.165, 1.54) is 10.9 Å². The van der Waals surface area contributed by atoms with Crippen molar-refractivity contribution in [1.82, 2.24) is 9.38 Å². The molecule has 0 N–H and O–H groups in total. The summed E-state index contributed by atoms with van der Waals surface area (Å²) in [5, 5.41) is 2.26. The van der Waals surface area contributed by atoms with Crippen molar-refractivity contribution in [3.05, 3.63) is 47.9 Å². The van der Waals surface area contributed by atoms with Gasteiger partial charge in [-0.2, -0.15) is 0 Å². The molecule has 0 saturated carbocycles. The van der Waals surface area contributed by atoms with Crippen molar-refractivity contribution in [2.24, 2.45) is 0 Å². The molecule has 3 aromatic rings. The lowest BCUT2D eigenvalue weighted by molar-refractivity contribution is 0.111. The topological polar surface area (TPSA) is 34.4 Å². The zero-order valence-electron chi connectivity index (χ0n) is 8.84. The first-order chi connectivity index (χ1) is 7.81. The predicted octanol–water partition coefficient (Wildman–Crippen LogP) is 2.61. The number of rotatable bonds is 1. The fourth-order valence-electron chi connectivity index (χ4n) is 2.06. The third kappa shape index (κ3) is 1.08. The molecule has 78 valence electrons. The van der Waals surface area contributed by atoms with Crippen LogP contribution in [-0.4, -0.2) is 15.7 Å². The van der Waals surface area contributed by atoms with Crippen molar-refractivity contribution in [1.29, 1.82) is 0 Å². The van der Waals surface area contributed by atoms with E-state index in [9.17, 15) is 4.79 Å². The van der Waals surface area contributed by atoms with E-state index in [0.717, 1.165) is 17.3 Å². The maximum Gasteiger partial charge on any atom is 0.168 e. The van der Waals surface area contributed by atoms with Crippen LogP contribution in [0.25, 0.3) is 16.4 Å². The number of aldehydes is 1. The first kappa shape index (κ1) is 9.09. The molecule has 2 heterocycles. The molecule has 0 saturated heterocycles. The average Bonchev–Trinajstić information content (AvgIpc) is 2.72. The zero-order chi connectivity index (χ0) is 11.1. The molecule has 0 unspecified atom stereocenters. The highest BCUT2D eigenvalue weighted by atomic mass is 16.1. The number of aryl methyl sites for hydroxylation is 1. The van der Waals surface area contributed by atoms with Crippen LogP contribution in [0.4, 0.5) is 0 Å². The van der Waals surface area contributed by atoms with E-state index in [2.05, 4.69) is 18.0 Å². The predicted molar refractivity (Wildman–Crippen MR) is 62.8 cm³/mol. The van der Waals surface area contributed by atoms with Gasteiger partial charge in [-0.05, 0) is 23.9 Å². The van der Waals surface area contributed by atoms with Gasteiger partial charge >= 0.3 is 0 Å². The van der Waals surface area contributed by atoms with Gasteiger partial charge in [-0.15, -0.1) is 0 Å². The van der Waals surface area contributed by atoms with Crippen LogP contribution in [0.3, 0.4) is 0 Å². The molecule has 2 aromatic heterocycles. The molecule has 0 aliphatic rings. The third-order valence-corrected chi connectivity index (χ3v) is 2.90. The number of pyridine rings is 1. The van der Waals surface area contributed by atoms with Gasteiger partial charge in [0.25, 0.3) is 0 Å². The molecule has 0 aliphatic carbocycles. The highest BCUT2D eigenvalue weighted by Crippen LogP contribution is 2.22. The first-order valence-corrected chi connectivity index (χ1v) is 5.12. The molecule has 0 spiro atoms. The molecule has 0 atom stereocenters. The number of hydrogen-bond donors (Lipinski definition) is 0. The fraction of sp³-hybridized carbons (Fsp3) is 0.0769. The quantitative estimate of drug-likeness (QED) is 0.578. The summed E-state index contributed by atoms with van der Waals surface area (Å²) in [7, 11) is 0. The molecule has 0 amide bonds. The Morgan fingerprint density at radius 2 is 2.12 bits per heavy atom. The van der Waals surface area contributed by atoms with Gasteiger partial charge in [0.15, 0.2) is 6.29 Å². The number of imidazole rings is 1. The second kappa shape index (κ2) is 3.17. The number of carbonyl (C=O) groups is 1. The molecule has 16 heavy (non-hydrogen) atoms. The molecule has 1 aromatic carbocycles. The van der Waals surface area contributed by atoms with Gasteiger partial charge < -0.3 is 0 Å². The smallest absolute Gasteiger partial charge is 0.168 e. The van der Waals surface area contributed by atoms with E-state index < -0.39 is 0 Å². The SMILES string of the molecule is Cc1cccc2c1ccn1c(C=O)cnc21. The molecule has 3 nitrogen and oxygen atoms in total. The van der Waals surface area contributed by atoms with Gasteiger partial charge in [-0.3, -0.25) is 9.20 Å². The molecule has 0 fully saturated rings. The molecular formula is C13H10N2O. The largest absolute Gasteiger partial charge is 0.297 e. The fourth-order valence-corrected chi connectivity index (χ4v) is 2.06. The van der Waals surface area contributed by atoms with Crippen LogP contribution in [0.5, 0.6) is 0 Å². The van der Waals surface area contributed by atoms with E-state index in [4.69, 9.17) is 0 Å². The van der Waals surface area contributed by atoms with Crippen molar-refractivity contribution < 1.29 is 4.79 Å². The maximum absolute atomic E-state index is 10.8. The maximum atomic E-state index is 10.8. The Hall–Kier alpha value is -2.16. The number of carbonyl (C=O) groups excluding carboxylic acids is 1. The van der Waals surface area contributed by atoms with E-state index in [1.807, 2.05) is 28.8 Å². The van der Waals surface area contributed by atoms with Gasteiger partial charge in [0.05, 0.1) is 6.20 Å². The number of aromatic nitrogens is 2. The monoisotopic (exact) mass is 210 g/mol. The summed E-state index contributed by atoms with van der Waals surface area (Å²) < 4.78 is 1.81. The average molecular weight is 210 g/mol. The second-order valence-corrected chi connectivity index (χ2v) is 3.85. The van der Waals surface area contributed by atoms with E-state index >= 15 is 0 Å². The zero-order valence-corrected chi connectivity index (χ0v) is 8.84. The summed E-state index contributed by atoms with van der Waals surface area (Å²) in [6.07, 6.45) is 4.31. The van der Waals surface area contributed by atoms with Crippen LogP contribution >= 0.6 is 0 Å². The lowest BCUT2D eigenvalue weighted by atomic mass is 10.1. The summed E-state index contributed by atoms with van der Waals surface area (Å²) in [5.74, 6) is 0. The highest BCUT2D eigenvalue weighted by Gasteiger charge is 2.06. The van der Waals surface area contributed by atoms with Crippen molar-refractivity contribution in [2.45, 2.75) is 6.92 Å². The van der Waals surface area contributed by atoms with Crippen LogP contribution in [0, 0.1) is 6.92 Å². The molecule has 0 aliphatic heterocycles. The van der Waals surface area contributed by atoms with Gasteiger partial charge in [-0.1, -0.05) is 18.2 Å². The Balaban J connectivity index is 2.55. The summed E-state index contributed by atoms with van der Waals surface area (Å²) in [6.45, 7) is 2.07. The number of benzene rings is 1. The number of nitrogens with zero attached hydrogens (tertiary/aromatic N) is 2. The Morgan fingerprint density at radius 3 is 2.94 bits per heavy atom. The molecule has 0 bridgehead atoms. The van der Waals surface area contributed by atoms with E-state index in [0.29, 0.717) is 5.69 Å². The first-order valence-electron chi connectivity index (χ1n) is 5.12. The lowest BCUT2D eigenvalue weighted by Crippen LogP contribution is -1.91. The summed E-state index contributed by atoms with van der Waals surface area (Å²) in [4.78, 5) is 15.1. The minimum atomic E-state index is 0.582. The van der Waals surface area contributed by atoms with Crippen LogP contribution in [0.1, 0.15) is 16.1 Å². The highest BCUT2D eigenvalue weighted by molar-refractivity contribution is 5.96. The van der Waals surface area contributed by atoms with Crippen molar-refractivity contribution >= 4 is 22.7 Å². The summed E-state index contributed by atoms with van der Waals surface area (Å²) >= 11 is 0. The van der Waals surface area contributed by atoms with E-state index in [1.54, 1.807) is 6.20 Å². The lowest BCUT2D eigenvalue weighted by Gasteiger charge is -2.03. The van der Waals surface area contributed by atoms with Crippen molar-refractivity contribution in [3.8, 4) is 0 Å². The van der Waals surface area contributed by atoms with Crippen molar-refractivity contribution in [3.63, 3.8) is 0 Å². The normalized spacial score (nSPS) is 11.1. The van der Waals surface area contributed by atoms with E-state index in [-0.39, 0.29) is 0 Å². The van der Waals surface area contributed by atoms with Crippen LogP contribution < -0.4 is 0 Å². The van der Waals surface area contributed by atoms with Crippen LogP contribution in [0.2, 0.25) is 0 Å². The standard InChI is InChI=1S/C13H10N2O/c1-9-3-2-4-12-11(9)5-6-15-10(8-16)7-14-13(12)15/h2-8H,1H3. The molecule has 3 heteroatoms.